The number of aromatic nitrogens is 3. The van der Waals surface area contributed by atoms with Gasteiger partial charge in [-0.05, 0) is 42.6 Å². The van der Waals surface area contributed by atoms with Crippen LogP contribution in [0.2, 0.25) is 0 Å². The van der Waals surface area contributed by atoms with Crippen LogP contribution in [-0.2, 0) is 19.5 Å². The second-order valence-electron chi connectivity index (χ2n) is 5.66. The van der Waals surface area contributed by atoms with Crippen molar-refractivity contribution >= 4 is 11.0 Å². The summed E-state index contributed by atoms with van der Waals surface area (Å²) >= 11 is 0. The van der Waals surface area contributed by atoms with Gasteiger partial charge in [0.05, 0.1) is 5.69 Å². The lowest BCUT2D eigenvalue weighted by atomic mass is 10.0. The molecule has 1 aliphatic heterocycles. The highest BCUT2D eigenvalue weighted by molar-refractivity contribution is 5.77. The topological polar surface area (TPSA) is 44.8 Å². The number of hydrogen-bond donors (Lipinski definition) is 1. The quantitative estimate of drug-likeness (QED) is 0.784. The zero-order valence-corrected chi connectivity index (χ0v) is 11.9. The maximum atomic E-state index is 4.29. The van der Waals surface area contributed by atoms with Crippen LogP contribution in [0.4, 0.5) is 0 Å². The zero-order valence-electron chi connectivity index (χ0n) is 11.9. The van der Waals surface area contributed by atoms with Crippen LogP contribution in [0.25, 0.3) is 11.0 Å². The van der Waals surface area contributed by atoms with Gasteiger partial charge in [-0.3, -0.25) is 10.00 Å². The molecular weight excluding hydrogens is 260 g/mol. The highest BCUT2D eigenvalue weighted by atomic mass is 15.2. The first-order valence-electron chi connectivity index (χ1n) is 7.47. The van der Waals surface area contributed by atoms with Crippen molar-refractivity contribution in [2.75, 3.05) is 6.54 Å². The van der Waals surface area contributed by atoms with E-state index in [0.29, 0.717) is 0 Å². The molecule has 4 nitrogen and oxygen atoms in total. The molecule has 1 N–H and O–H groups in total. The largest absolute Gasteiger partial charge is 0.293 e. The Bertz CT molecular complexity index is 762. The van der Waals surface area contributed by atoms with Crippen LogP contribution in [-0.4, -0.2) is 26.6 Å². The summed E-state index contributed by atoms with van der Waals surface area (Å²) in [5, 5.41) is 8.57. The molecule has 4 rings (SSSR count). The van der Waals surface area contributed by atoms with Crippen LogP contribution >= 0.6 is 0 Å². The van der Waals surface area contributed by atoms with Crippen molar-refractivity contribution in [2.24, 2.45) is 0 Å². The third-order valence-corrected chi connectivity index (χ3v) is 4.22. The number of nitrogens with one attached hydrogen (secondary N) is 1. The summed E-state index contributed by atoms with van der Waals surface area (Å²) in [6, 6.07) is 12.8. The normalized spacial score (nSPS) is 15.8. The Morgan fingerprint density at radius 3 is 2.95 bits per heavy atom. The van der Waals surface area contributed by atoms with Crippen molar-refractivity contribution in [3.8, 4) is 0 Å². The highest BCUT2D eigenvalue weighted by Gasteiger charge is 2.16. The Morgan fingerprint density at radius 2 is 2.00 bits per heavy atom. The zero-order chi connectivity index (χ0) is 14.1. The number of aryl methyl sites for hydroxylation is 1. The van der Waals surface area contributed by atoms with Crippen LogP contribution in [0.1, 0.15) is 23.2 Å². The highest BCUT2D eigenvalue weighted by Crippen LogP contribution is 2.21. The molecule has 0 fully saturated rings. The van der Waals surface area contributed by atoms with Gasteiger partial charge in [-0.2, -0.15) is 5.10 Å². The number of fused-ring (bicyclic) bond motifs is 2. The first kappa shape index (κ1) is 12.5. The van der Waals surface area contributed by atoms with Crippen LogP contribution in [0.3, 0.4) is 0 Å². The van der Waals surface area contributed by atoms with E-state index in [4.69, 9.17) is 0 Å². The SMILES string of the molecule is c1ccc2c(c1)CCCN(Cc1[nH]nc3ncccc13)C2. The van der Waals surface area contributed by atoms with Gasteiger partial charge in [-0.25, -0.2) is 4.98 Å². The molecule has 21 heavy (non-hydrogen) atoms. The van der Waals surface area contributed by atoms with Gasteiger partial charge in [0.1, 0.15) is 0 Å². The lowest BCUT2D eigenvalue weighted by molar-refractivity contribution is 0.259. The maximum Gasteiger partial charge on any atom is 0.181 e. The average Bonchev–Trinajstić information content (AvgIpc) is 2.80. The van der Waals surface area contributed by atoms with Gasteiger partial charge in [0.2, 0.25) is 0 Å². The standard InChI is InChI=1S/C17H18N4/c1-2-6-14-11-21(10-4-7-13(14)5-1)12-16-15-8-3-9-18-17(15)20-19-16/h1-3,5-6,8-9H,4,7,10-12H2,(H,18,19,20). The third-order valence-electron chi connectivity index (χ3n) is 4.22. The van der Waals surface area contributed by atoms with Crippen LogP contribution in [0.5, 0.6) is 0 Å². The summed E-state index contributed by atoms with van der Waals surface area (Å²) < 4.78 is 0. The van der Waals surface area contributed by atoms with Crippen molar-refractivity contribution in [2.45, 2.75) is 25.9 Å². The molecule has 1 aliphatic rings. The maximum absolute atomic E-state index is 4.29. The first-order chi connectivity index (χ1) is 10.4. The molecule has 0 radical (unpaired) electrons. The molecule has 0 aliphatic carbocycles. The van der Waals surface area contributed by atoms with Gasteiger partial charge in [0.25, 0.3) is 0 Å². The molecule has 2 aromatic heterocycles. The fourth-order valence-electron chi connectivity index (χ4n) is 3.15. The van der Waals surface area contributed by atoms with E-state index in [-0.39, 0.29) is 0 Å². The summed E-state index contributed by atoms with van der Waals surface area (Å²) in [7, 11) is 0. The molecule has 0 amide bonds. The molecule has 3 aromatic rings. The number of benzene rings is 1. The van der Waals surface area contributed by atoms with E-state index in [9.17, 15) is 0 Å². The molecule has 4 heteroatoms. The Balaban J connectivity index is 1.60. The van der Waals surface area contributed by atoms with Crippen LogP contribution in [0, 0.1) is 0 Å². The van der Waals surface area contributed by atoms with E-state index in [2.05, 4.69) is 50.4 Å². The van der Waals surface area contributed by atoms with E-state index in [1.54, 1.807) is 6.20 Å². The van der Waals surface area contributed by atoms with Gasteiger partial charge < -0.3 is 0 Å². The van der Waals surface area contributed by atoms with E-state index < -0.39 is 0 Å². The smallest absolute Gasteiger partial charge is 0.181 e. The molecular formula is C17H18N4. The molecule has 0 saturated heterocycles. The number of aromatic amines is 1. The minimum atomic E-state index is 0.808. The first-order valence-corrected chi connectivity index (χ1v) is 7.47. The van der Waals surface area contributed by atoms with E-state index in [1.165, 1.54) is 24.0 Å². The average molecular weight is 278 g/mol. The predicted octanol–water partition coefficient (Wildman–Crippen LogP) is 2.91. The number of nitrogens with zero attached hydrogens (tertiary/aromatic N) is 3. The Morgan fingerprint density at radius 1 is 1.10 bits per heavy atom. The summed E-state index contributed by atoms with van der Waals surface area (Å²) in [5.41, 5.74) is 4.92. The summed E-state index contributed by atoms with van der Waals surface area (Å²) in [4.78, 5) is 6.78. The number of pyridine rings is 1. The Hall–Kier alpha value is -2.20. The van der Waals surface area contributed by atoms with Gasteiger partial charge in [-0.15, -0.1) is 0 Å². The molecule has 0 unspecified atom stereocenters. The fraction of sp³-hybridized carbons (Fsp3) is 0.294. The lowest BCUT2D eigenvalue weighted by Gasteiger charge is -2.19. The second-order valence-corrected chi connectivity index (χ2v) is 5.66. The monoisotopic (exact) mass is 278 g/mol. The molecule has 0 spiro atoms. The minimum absolute atomic E-state index is 0.808. The van der Waals surface area contributed by atoms with E-state index in [1.807, 2.05) is 6.07 Å². The van der Waals surface area contributed by atoms with Gasteiger partial charge in [-0.1, -0.05) is 24.3 Å². The van der Waals surface area contributed by atoms with Crippen molar-refractivity contribution < 1.29 is 0 Å². The molecule has 3 heterocycles. The fourth-order valence-corrected chi connectivity index (χ4v) is 3.15. The van der Waals surface area contributed by atoms with E-state index >= 15 is 0 Å². The molecule has 106 valence electrons. The number of rotatable bonds is 2. The molecule has 1 aromatic carbocycles. The minimum Gasteiger partial charge on any atom is -0.293 e. The summed E-state index contributed by atoms with van der Waals surface area (Å²) in [6.07, 6.45) is 4.18. The van der Waals surface area contributed by atoms with Crippen molar-refractivity contribution in [1.82, 2.24) is 20.1 Å². The van der Waals surface area contributed by atoms with Crippen LogP contribution in [0.15, 0.2) is 42.6 Å². The van der Waals surface area contributed by atoms with Gasteiger partial charge in [0.15, 0.2) is 5.65 Å². The Kier molecular flexibility index (Phi) is 3.16. The van der Waals surface area contributed by atoms with E-state index in [0.717, 1.165) is 36.4 Å². The molecule has 0 bridgehead atoms. The molecule has 0 atom stereocenters. The predicted molar refractivity (Wildman–Crippen MR) is 82.8 cm³/mol. The van der Waals surface area contributed by atoms with Crippen molar-refractivity contribution in [1.29, 1.82) is 0 Å². The van der Waals surface area contributed by atoms with Crippen LogP contribution < -0.4 is 0 Å². The third kappa shape index (κ3) is 2.43. The van der Waals surface area contributed by atoms with Gasteiger partial charge in [0, 0.05) is 24.7 Å². The lowest BCUT2D eigenvalue weighted by Crippen LogP contribution is -2.23. The van der Waals surface area contributed by atoms with Crippen molar-refractivity contribution in [3.63, 3.8) is 0 Å². The van der Waals surface area contributed by atoms with Crippen molar-refractivity contribution in [3.05, 3.63) is 59.4 Å². The number of hydrogen-bond acceptors (Lipinski definition) is 3. The summed E-state index contributed by atoms with van der Waals surface area (Å²) in [6.45, 7) is 3.03. The van der Waals surface area contributed by atoms with Gasteiger partial charge >= 0.3 is 0 Å². The Labute approximate surface area is 123 Å². The number of H-pyrrole nitrogens is 1. The molecule has 0 saturated carbocycles. The second kappa shape index (κ2) is 5.30. The summed E-state index contributed by atoms with van der Waals surface area (Å²) in [5.74, 6) is 0.